The molecule has 0 saturated heterocycles. The van der Waals surface area contributed by atoms with Gasteiger partial charge in [0.2, 0.25) is 0 Å². The van der Waals surface area contributed by atoms with Crippen LogP contribution in [0.15, 0.2) is 0 Å². The summed E-state index contributed by atoms with van der Waals surface area (Å²) in [6.45, 7) is 0. The zero-order valence-corrected chi connectivity index (χ0v) is 9.38. The molecule has 0 aromatic rings. The number of hydrogen-bond acceptors (Lipinski definition) is 1. The lowest BCUT2D eigenvalue weighted by Crippen LogP contribution is -2.31. The second-order valence-corrected chi connectivity index (χ2v) is 5.54. The fraction of sp³-hybridized carbons (Fsp3) is 1.00. The molecule has 0 aromatic carbocycles. The Morgan fingerprint density at radius 2 is 1.29 bits per heavy atom. The molecule has 0 aromatic heterocycles. The summed E-state index contributed by atoms with van der Waals surface area (Å²) < 4.78 is 0. The highest BCUT2D eigenvalue weighted by Gasteiger charge is 2.29. The van der Waals surface area contributed by atoms with E-state index in [-0.39, 0.29) is 0 Å². The second kappa shape index (κ2) is 5.16. The molecule has 1 atom stereocenters. The molecule has 0 radical (unpaired) electrons. The molecule has 14 heavy (non-hydrogen) atoms. The molecular weight excluding hydrogens is 170 g/mol. The third-order valence-electron chi connectivity index (χ3n) is 4.16. The number of hydrogen-bond donors (Lipinski definition) is 1. The topological polar surface area (TPSA) is 26.0 Å². The van der Waals surface area contributed by atoms with Crippen LogP contribution >= 0.6 is 0 Å². The first-order chi connectivity index (χ1) is 6.84. The largest absolute Gasteiger partial charge is 0.328 e. The van der Waals surface area contributed by atoms with Crippen LogP contribution in [0.2, 0.25) is 0 Å². The van der Waals surface area contributed by atoms with E-state index in [9.17, 15) is 0 Å². The van der Waals surface area contributed by atoms with E-state index in [0.717, 1.165) is 11.8 Å². The highest BCUT2D eigenvalue weighted by Crippen LogP contribution is 2.40. The van der Waals surface area contributed by atoms with E-state index in [1.54, 1.807) is 0 Å². The molecule has 2 bridgehead atoms. The van der Waals surface area contributed by atoms with Crippen LogP contribution in [-0.2, 0) is 0 Å². The first-order valence-electron chi connectivity index (χ1n) is 6.60. The summed E-state index contributed by atoms with van der Waals surface area (Å²) in [5, 5.41) is 0. The van der Waals surface area contributed by atoms with Gasteiger partial charge in [0.15, 0.2) is 0 Å². The quantitative estimate of drug-likeness (QED) is 0.629. The van der Waals surface area contributed by atoms with Gasteiger partial charge in [0.05, 0.1) is 0 Å². The Labute approximate surface area is 88.4 Å². The van der Waals surface area contributed by atoms with E-state index in [4.69, 9.17) is 5.73 Å². The van der Waals surface area contributed by atoms with Crippen LogP contribution in [0, 0.1) is 11.8 Å². The third-order valence-corrected chi connectivity index (χ3v) is 4.16. The predicted octanol–water partition coefficient (Wildman–Crippen LogP) is 3.47. The van der Waals surface area contributed by atoms with Crippen LogP contribution in [-0.4, -0.2) is 6.04 Å². The van der Waals surface area contributed by atoms with E-state index in [1.807, 2.05) is 0 Å². The first-order valence-corrected chi connectivity index (χ1v) is 6.60. The van der Waals surface area contributed by atoms with Crippen LogP contribution in [0.1, 0.15) is 64.2 Å². The van der Waals surface area contributed by atoms with Crippen molar-refractivity contribution in [2.24, 2.45) is 17.6 Å². The van der Waals surface area contributed by atoms with Gasteiger partial charge in [0.1, 0.15) is 0 Å². The molecule has 3 saturated carbocycles. The van der Waals surface area contributed by atoms with E-state index in [0.29, 0.717) is 6.04 Å². The van der Waals surface area contributed by atoms with Crippen molar-refractivity contribution < 1.29 is 0 Å². The van der Waals surface area contributed by atoms with Gasteiger partial charge in [-0.3, -0.25) is 0 Å². The van der Waals surface area contributed by atoms with Crippen LogP contribution in [0.4, 0.5) is 0 Å². The Bertz CT molecular complexity index is 158. The Kier molecular flexibility index (Phi) is 3.86. The second-order valence-electron chi connectivity index (χ2n) is 5.54. The maximum Gasteiger partial charge on any atom is 0.00414 e. The lowest BCUT2D eigenvalue weighted by molar-refractivity contribution is 0.155. The molecule has 1 heteroatoms. The molecule has 0 heterocycles. The third kappa shape index (κ3) is 2.98. The van der Waals surface area contributed by atoms with E-state index >= 15 is 0 Å². The molecule has 3 rings (SSSR count). The lowest BCUT2D eigenvalue weighted by atomic mass is 9.69. The lowest BCUT2D eigenvalue weighted by Gasteiger charge is -2.37. The summed E-state index contributed by atoms with van der Waals surface area (Å²) in [5.41, 5.74) is 6.13. The fourth-order valence-corrected chi connectivity index (χ4v) is 3.22. The average molecular weight is 195 g/mol. The highest BCUT2D eigenvalue weighted by molar-refractivity contribution is 4.82. The predicted molar refractivity (Wildman–Crippen MR) is 61.1 cm³/mol. The van der Waals surface area contributed by atoms with Gasteiger partial charge in [-0.2, -0.15) is 0 Å². The summed E-state index contributed by atoms with van der Waals surface area (Å²) in [7, 11) is 0. The molecule has 1 unspecified atom stereocenters. The molecule has 3 fully saturated rings. The van der Waals surface area contributed by atoms with E-state index in [1.165, 1.54) is 64.2 Å². The van der Waals surface area contributed by atoms with Gasteiger partial charge in [0, 0.05) is 6.04 Å². The Hall–Kier alpha value is -0.0400. The van der Waals surface area contributed by atoms with Crippen molar-refractivity contribution in [3.63, 3.8) is 0 Å². The molecule has 0 aliphatic heterocycles. The minimum atomic E-state index is 0.514. The molecular formula is C13H25N. The summed E-state index contributed by atoms with van der Waals surface area (Å²) in [5.74, 6) is 2.07. The van der Waals surface area contributed by atoms with Crippen LogP contribution < -0.4 is 5.73 Å². The molecule has 3 aliphatic carbocycles. The standard InChI is InChI=1S/C13H25N/c14-13-7-5-3-1-2-4-6-11-8-12(9-11)10-13/h11-13H,1-10,14H2. The summed E-state index contributed by atoms with van der Waals surface area (Å²) in [6.07, 6.45) is 14.3. The van der Waals surface area contributed by atoms with Gasteiger partial charge in [-0.15, -0.1) is 0 Å². The van der Waals surface area contributed by atoms with Gasteiger partial charge in [-0.1, -0.05) is 38.5 Å². The first kappa shape index (κ1) is 10.5. The van der Waals surface area contributed by atoms with E-state index in [2.05, 4.69) is 0 Å². The van der Waals surface area contributed by atoms with Crippen LogP contribution in [0.3, 0.4) is 0 Å². The van der Waals surface area contributed by atoms with Gasteiger partial charge >= 0.3 is 0 Å². The monoisotopic (exact) mass is 195 g/mol. The molecule has 0 spiro atoms. The number of fused-ring (bicyclic) bond motifs is 8. The van der Waals surface area contributed by atoms with Gasteiger partial charge in [-0.25, -0.2) is 0 Å². The zero-order valence-electron chi connectivity index (χ0n) is 9.38. The minimum absolute atomic E-state index is 0.514. The highest BCUT2D eigenvalue weighted by atomic mass is 14.6. The number of nitrogens with two attached hydrogens (primary N) is 1. The minimum Gasteiger partial charge on any atom is -0.328 e. The van der Waals surface area contributed by atoms with Crippen molar-refractivity contribution in [2.75, 3.05) is 0 Å². The molecule has 0 amide bonds. The van der Waals surface area contributed by atoms with Crippen LogP contribution in [0.25, 0.3) is 0 Å². The maximum absolute atomic E-state index is 6.13. The van der Waals surface area contributed by atoms with Crippen molar-refractivity contribution in [1.82, 2.24) is 0 Å². The molecule has 82 valence electrons. The SMILES string of the molecule is NC1CCCCCCCC2CC(C1)C2. The maximum atomic E-state index is 6.13. The van der Waals surface area contributed by atoms with Crippen molar-refractivity contribution in [3.8, 4) is 0 Å². The normalized spacial score (nSPS) is 40.5. The Balaban J connectivity index is 1.74. The van der Waals surface area contributed by atoms with Crippen molar-refractivity contribution in [1.29, 1.82) is 0 Å². The smallest absolute Gasteiger partial charge is 0.00414 e. The van der Waals surface area contributed by atoms with Gasteiger partial charge in [0.25, 0.3) is 0 Å². The van der Waals surface area contributed by atoms with Gasteiger partial charge < -0.3 is 5.73 Å². The molecule has 1 nitrogen and oxygen atoms in total. The Morgan fingerprint density at radius 3 is 2.07 bits per heavy atom. The van der Waals surface area contributed by atoms with Crippen molar-refractivity contribution >= 4 is 0 Å². The summed E-state index contributed by atoms with van der Waals surface area (Å²) >= 11 is 0. The summed E-state index contributed by atoms with van der Waals surface area (Å²) in [4.78, 5) is 0. The average Bonchev–Trinajstić information content (AvgIpc) is 2.08. The zero-order chi connectivity index (χ0) is 9.80. The fourth-order valence-electron chi connectivity index (χ4n) is 3.22. The van der Waals surface area contributed by atoms with Crippen molar-refractivity contribution in [3.05, 3.63) is 0 Å². The molecule has 3 aliphatic rings. The van der Waals surface area contributed by atoms with Crippen molar-refractivity contribution in [2.45, 2.75) is 70.3 Å². The van der Waals surface area contributed by atoms with E-state index < -0.39 is 0 Å². The van der Waals surface area contributed by atoms with Crippen LogP contribution in [0.5, 0.6) is 0 Å². The van der Waals surface area contributed by atoms with Gasteiger partial charge in [-0.05, 0) is 37.5 Å². The summed E-state index contributed by atoms with van der Waals surface area (Å²) in [6, 6.07) is 0.514. The molecule has 2 N–H and O–H groups in total. The number of rotatable bonds is 0. The Morgan fingerprint density at radius 1 is 0.643 bits per heavy atom.